The highest BCUT2D eigenvalue weighted by Crippen LogP contribution is 2.27. The van der Waals surface area contributed by atoms with Crippen molar-refractivity contribution in [3.63, 3.8) is 0 Å². The Morgan fingerprint density at radius 2 is 2.21 bits per heavy atom. The summed E-state index contributed by atoms with van der Waals surface area (Å²) in [6.45, 7) is 1.37. The van der Waals surface area contributed by atoms with Crippen molar-refractivity contribution >= 4 is 5.91 Å². The highest BCUT2D eigenvalue weighted by Gasteiger charge is 2.34. The SMILES string of the molecule is CC(C(N)=O)n1ccc(C(F)(F)F)n1. The van der Waals surface area contributed by atoms with Gasteiger partial charge in [-0.25, -0.2) is 0 Å². The molecule has 1 rings (SSSR count). The van der Waals surface area contributed by atoms with E-state index >= 15 is 0 Å². The van der Waals surface area contributed by atoms with Crippen molar-refractivity contribution in [2.75, 3.05) is 0 Å². The van der Waals surface area contributed by atoms with Crippen LogP contribution in [0.3, 0.4) is 0 Å². The van der Waals surface area contributed by atoms with Gasteiger partial charge in [0.2, 0.25) is 5.91 Å². The van der Waals surface area contributed by atoms with Crippen molar-refractivity contribution in [2.24, 2.45) is 5.73 Å². The second-order valence-electron chi connectivity index (χ2n) is 2.76. The zero-order valence-corrected chi connectivity index (χ0v) is 7.25. The summed E-state index contributed by atoms with van der Waals surface area (Å²) in [5.74, 6) is -0.734. The molecule has 1 atom stereocenters. The Hall–Kier alpha value is -1.53. The Labute approximate surface area is 77.5 Å². The maximum Gasteiger partial charge on any atom is 0.435 e. The van der Waals surface area contributed by atoms with Crippen LogP contribution in [0.2, 0.25) is 0 Å². The zero-order chi connectivity index (χ0) is 10.9. The number of primary amides is 1. The minimum absolute atomic E-state index is 0.734. The highest BCUT2D eigenvalue weighted by molar-refractivity contribution is 5.77. The van der Waals surface area contributed by atoms with Crippen LogP contribution in [0.25, 0.3) is 0 Å². The molecular weight excluding hydrogens is 199 g/mol. The quantitative estimate of drug-likeness (QED) is 0.784. The van der Waals surface area contributed by atoms with E-state index in [2.05, 4.69) is 5.10 Å². The van der Waals surface area contributed by atoms with Crippen LogP contribution < -0.4 is 5.73 Å². The summed E-state index contributed by atoms with van der Waals surface area (Å²) in [4.78, 5) is 10.6. The number of halogens is 3. The highest BCUT2D eigenvalue weighted by atomic mass is 19.4. The first-order chi connectivity index (χ1) is 6.32. The summed E-state index contributed by atoms with van der Waals surface area (Å²) in [6.07, 6.45) is -3.43. The predicted molar refractivity (Wildman–Crippen MR) is 41.1 cm³/mol. The Balaban J connectivity index is 2.94. The molecule has 0 bridgehead atoms. The first-order valence-electron chi connectivity index (χ1n) is 3.74. The molecule has 1 aromatic rings. The van der Waals surface area contributed by atoms with Gasteiger partial charge in [-0.05, 0) is 13.0 Å². The number of aromatic nitrogens is 2. The van der Waals surface area contributed by atoms with Gasteiger partial charge in [0.05, 0.1) is 0 Å². The van der Waals surface area contributed by atoms with Crippen LogP contribution in [0, 0.1) is 0 Å². The van der Waals surface area contributed by atoms with Gasteiger partial charge in [0.25, 0.3) is 0 Å². The number of rotatable bonds is 2. The van der Waals surface area contributed by atoms with Crippen LogP contribution in [-0.4, -0.2) is 15.7 Å². The first kappa shape index (κ1) is 10.6. The molecule has 0 radical (unpaired) electrons. The molecule has 14 heavy (non-hydrogen) atoms. The maximum absolute atomic E-state index is 12.1. The van der Waals surface area contributed by atoms with E-state index < -0.39 is 23.8 Å². The molecule has 1 unspecified atom stereocenters. The summed E-state index contributed by atoms with van der Waals surface area (Å²) < 4.78 is 37.1. The molecule has 0 aliphatic rings. The fraction of sp³-hybridized carbons (Fsp3) is 0.429. The lowest BCUT2D eigenvalue weighted by molar-refractivity contribution is -0.141. The lowest BCUT2D eigenvalue weighted by Crippen LogP contribution is -2.24. The largest absolute Gasteiger partial charge is 0.435 e. The molecule has 0 aliphatic carbocycles. The van der Waals surface area contributed by atoms with Crippen LogP contribution in [-0.2, 0) is 11.0 Å². The standard InChI is InChI=1S/C7H8F3N3O/c1-4(6(11)14)13-3-2-5(12-13)7(8,9)10/h2-4H,1H3,(H2,11,14). The molecule has 0 aromatic carbocycles. The molecule has 0 fully saturated rings. The molecular formula is C7H8F3N3O. The third-order valence-electron chi connectivity index (χ3n) is 1.71. The summed E-state index contributed by atoms with van der Waals surface area (Å²) >= 11 is 0. The lowest BCUT2D eigenvalue weighted by Gasteiger charge is -2.07. The monoisotopic (exact) mass is 207 g/mol. The zero-order valence-electron chi connectivity index (χ0n) is 7.25. The first-order valence-corrected chi connectivity index (χ1v) is 3.74. The lowest BCUT2D eigenvalue weighted by atomic mass is 10.3. The smallest absolute Gasteiger partial charge is 0.368 e. The molecule has 7 heteroatoms. The van der Waals surface area contributed by atoms with Crippen LogP contribution in [0.15, 0.2) is 12.3 Å². The number of amides is 1. The van der Waals surface area contributed by atoms with Crippen molar-refractivity contribution in [3.05, 3.63) is 18.0 Å². The van der Waals surface area contributed by atoms with E-state index in [1.54, 1.807) is 0 Å². The van der Waals surface area contributed by atoms with E-state index in [0.29, 0.717) is 0 Å². The van der Waals surface area contributed by atoms with Crippen molar-refractivity contribution in [2.45, 2.75) is 19.1 Å². The van der Waals surface area contributed by atoms with Crippen molar-refractivity contribution in [3.8, 4) is 0 Å². The number of carbonyl (C=O) groups is 1. The molecule has 0 spiro atoms. The fourth-order valence-corrected chi connectivity index (χ4v) is 0.835. The van der Waals surface area contributed by atoms with E-state index in [4.69, 9.17) is 5.73 Å². The van der Waals surface area contributed by atoms with Gasteiger partial charge in [-0.1, -0.05) is 0 Å². The number of nitrogens with two attached hydrogens (primary N) is 1. The van der Waals surface area contributed by atoms with E-state index in [0.717, 1.165) is 16.9 Å². The van der Waals surface area contributed by atoms with Crippen LogP contribution in [0.1, 0.15) is 18.7 Å². The molecule has 78 valence electrons. The van der Waals surface area contributed by atoms with Gasteiger partial charge < -0.3 is 5.73 Å². The third kappa shape index (κ3) is 2.04. The van der Waals surface area contributed by atoms with E-state index in [9.17, 15) is 18.0 Å². The van der Waals surface area contributed by atoms with Crippen molar-refractivity contribution < 1.29 is 18.0 Å². The van der Waals surface area contributed by atoms with Gasteiger partial charge >= 0.3 is 6.18 Å². The minimum atomic E-state index is -4.50. The molecule has 2 N–H and O–H groups in total. The van der Waals surface area contributed by atoms with Crippen LogP contribution >= 0.6 is 0 Å². The van der Waals surface area contributed by atoms with Gasteiger partial charge in [0.1, 0.15) is 6.04 Å². The Kier molecular flexibility index (Phi) is 2.50. The van der Waals surface area contributed by atoms with Crippen molar-refractivity contribution in [1.82, 2.24) is 9.78 Å². The number of carbonyl (C=O) groups excluding carboxylic acids is 1. The minimum Gasteiger partial charge on any atom is -0.368 e. The molecule has 0 saturated heterocycles. The Morgan fingerprint density at radius 1 is 1.64 bits per heavy atom. The molecule has 1 amide bonds. The summed E-state index contributed by atoms with van der Waals surface area (Å²) in [7, 11) is 0. The Bertz CT molecular complexity index is 344. The second-order valence-corrected chi connectivity index (χ2v) is 2.76. The topological polar surface area (TPSA) is 60.9 Å². The van der Waals surface area contributed by atoms with Crippen LogP contribution in [0.4, 0.5) is 13.2 Å². The third-order valence-corrected chi connectivity index (χ3v) is 1.71. The summed E-state index contributed by atoms with van der Waals surface area (Å²) in [5, 5.41) is 3.19. The number of alkyl halides is 3. The molecule has 4 nitrogen and oxygen atoms in total. The van der Waals surface area contributed by atoms with Crippen molar-refractivity contribution in [1.29, 1.82) is 0 Å². The number of nitrogens with zero attached hydrogens (tertiary/aromatic N) is 2. The van der Waals surface area contributed by atoms with Gasteiger partial charge in [0, 0.05) is 6.20 Å². The second kappa shape index (κ2) is 3.32. The average molecular weight is 207 g/mol. The van der Waals surface area contributed by atoms with Gasteiger partial charge in [-0.15, -0.1) is 0 Å². The van der Waals surface area contributed by atoms with Gasteiger partial charge in [-0.2, -0.15) is 18.3 Å². The fourth-order valence-electron chi connectivity index (χ4n) is 0.835. The van der Waals surface area contributed by atoms with E-state index in [1.807, 2.05) is 0 Å². The number of hydrogen-bond acceptors (Lipinski definition) is 2. The number of hydrogen-bond donors (Lipinski definition) is 1. The molecule has 0 aliphatic heterocycles. The van der Waals surface area contributed by atoms with Gasteiger partial charge in [0.15, 0.2) is 5.69 Å². The normalized spacial score (nSPS) is 14.0. The molecule has 0 saturated carbocycles. The molecule has 1 heterocycles. The average Bonchev–Trinajstić information content (AvgIpc) is 2.49. The van der Waals surface area contributed by atoms with Crippen LogP contribution in [0.5, 0.6) is 0 Å². The Morgan fingerprint density at radius 3 is 2.57 bits per heavy atom. The van der Waals surface area contributed by atoms with E-state index in [1.165, 1.54) is 6.92 Å². The predicted octanol–water partition coefficient (Wildman–Crippen LogP) is 0.948. The van der Waals surface area contributed by atoms with Gasteiger partial charge in [-0.3, -0.25) is 9.48 Å². The summed E-state index contributed by atoms with van der Waals surface area (Å²) in [5.41, 5.74) is 3.87. The molecule has 1 aromatic heterocycles. The maximum atomic E-state index is 12.1. The van der Waals surface area contributed by atoms with E-state index in [-0.39, 0.29) is 0 Å². The summed E-state index contributed by atoms with van der Waals surface area (Å²) in [6, 6.07) is -0.0921.